The molecule has 0 amide bonds. The molecule has 0 aliphatic heterocycles. The third kappa shape index (κ3) is 4.30. The first-order valence-corrected chi connectivity index (χ1v) is 7.71. The summed E-state index contributed by atoms with van der Waals surface area (Å²) in [6.07, 6.45) is 2.78. The SMILES string of the molecule is CNC(CN(CCOC)C(C)C1CC1)c1ccccc1. The first-order chi connectivity index (χ1) is 9.76. The van der Waals surface area contributed by atoms with Crippen LogP contribution in [0, 0.1) is 5.92 Å². The molecule has 3 nitrogen and oxygen atoms in total. The number of ether oxygens (including phenoxy) is 1. The molecule has 2 atom stereocenters. The van der Waals surface area contributed by atoms with Crippen molar-refractivity contribution in [1.82, 2.24) is 10.2 Å². The Bertz CT molecular complexity index is 378. The Morgan fingerprint density at radius 1 is 1.30 bits per heavy atom. The van der Waals surface area contributed by atoms with Crippen LogP contribution < -0.4 is 5.32 Å². The second kappa shape index (κ2) is 7.77. The van der Waals surface area contributed by atoms with Crippen LogP contribution in [-0.4, -0.2) is 44.8 Å². The molecule has 3 heteroatoms. The van der Waals surface area contributed by atoms with E-state index in [0.29, 0.717) is 12.1 Å². The molecule has 1 N–H and O–H groups in total. The number of nitrogens with zero attached hydrogens (tertiary/aromatic N) is 1. The van der Waals surface area contributed by atoms with Crippen molar-refractivity contribution in [2.24, 2.45) is 5.92 Å². The number of benzene rings is 1. The molecular weight excluding hydrogens is 248 g/mol. The van der Waals surface area contributed by atoms with Crippen molar-refractivity contribution in [2.75, 3.05) is 33.9 Å². The van der Waals surface area contributed by atoms with Gasteiger partial charge in [-0.25, -0.2) is 0 Å². The summed E-state index contributed by atoms with van der Waals surface area (Å²) in [5.74, 6) is 0.889. The van der Waals surface area contributed by atoms with Gasteiger partial charge < -0.3 is 10.1 Å². The van der Waals surface area contributed by atoms with E-state index in [2.05, 4.69) is 47.5 Å². The van der Waals surface area contributed by atoms with Gasteiger partial charge in [0.1, 0.15) is 0 Å². The van der Waals surface area contributed by atoms with Gasteiger partial charge in [0.15, 0.2) is 0 Å². The highest BCUT2D eigenvalue weighted by Gasteiger charge is 2.32. The molecule has 0 spiro atoms. The predicted molar refractivity (Wildman–Crippen MR) is 83.9 cm³/mol. The summed E-state index contributed by atoms with van der Waals surface area (Å²) in [5, 5.41) is 3.46. The molecule has 1 aromatic rings. The Morgan fingerprint density at radius 3 is 2.55 bits per heavy atom. The molecule has 2 rings (SSSR count). The zero-order chi connectivity index (χ0) is 14.4. The Hall–Kier alpha value is -0.900. The number of hydrogen-bond acceptors (Lipinski definition) is 3. The highest BCUT2D eigenvalue weighted by atomic mass is 16.5. The second-order valence-corrected chi connectivity index (χ2v) is 5.82. The third-order valence-corrected chi connectivity index (χ3v) is 4.43. The summed E-state index contributed by atoms with van der Waals surface area (Å²) in [6, 6.07) is 11.8. The van der Waals surface area contributed by atoms with Gasteiger partial charge in [-0.1, -0.05) is 30.3 Å². The Morgan fingerprint density at radius 2 is 2.00 bits per heavy atom. The molecule has 112 valence electrons. The highest BCUT2D eigenvalue weighted by molar-refractivity contribution is 5.19. The molecule has 1 aliphatic carbocycles. The molecule has 0 saturated heterocycles. The molecular formula is C17H28N2O. The number of rotatable bonds is 9. The topological polar surface area (TPSA) is 24.5 Å². The van der Waals surface area contributed by atoms with Crippen molar-refractivity contribution >= 4 is 0 Å². The minimum absolute atomic E-state index is 0.384. The molecule has 20 heavy (non-hydrogen) atoms. The van der Waals surface area contributed by atoms with Crippen LogP contribution in [0.15, 0.2) is 30.3 Å². The van der Waals surface area contributed by atoms with E-state index < -0.39 is 0 Å². The van der Waals surface area contributed by atoms with Gasteiger partial charge in [0.25, 0.3) is 0 Å². The largest absolute Gasteiger partial charge is 0.383 e. The fraction of sp³-hybridized carbons (Fsp3) is 0.647. The van der Waals surface area contributed by atoms with E-state index in [9.17, 15) is 0 Å². The molecule has 1 aliphatic rings. The van der Waals surface area contributed by atoms with Crippen LogP contribution in [0.3, 0.4) is 0 Å². The van der Waals surface area contributed by atoms with Gasteiger partial charge in [-0.2, -0.15) is 0 Å². The fourth-order valence-electron chi connectivity index (χ4n) is 2.83. The van der Waals surface area contributed by atoms with E-state index in [1.165, 1.54) is 18.4 Å². The molecule has 0 heterocycles. The number of hydrogen-bond donors (Lipinski definition) is 1. The van der Waals surface area contributed by atoms with Gasteiger partial charge in [-0.3, -0.25) is 4.90 Å². The van der Waals surface area contributed by atoms with E-state index in [-0.39, 0.29) is 0 Å². The maximum atomic E-state index is 5.28. The van der Waals surface area contributed by atoms with Crippen LogP contribution >= 0.6 is 0 Å². The standard InChI is InChI=1S/C17H28N2O/c1-14(15-9-10-15)19(11-12-20-3)13-17(18-2)16-7-5-4-6-8-16/h4-8,14-15,17-18H,9-13H2,1-3H3. The lowest BCUT2D eigenvalue weighted by atomic mass is 10.0. The zero-order valence-electron chi connectivity index (χ0n) is 13.0. The van der Waals surface area contributed by atoms with Crippen molar-refractivity contribution in [1.29, 1.82) is 0 Å². The van der Waals surface area contributed by atoms with Gasteiger partial charge in [0.05, 0.1) is 6.61 Å². The van der Waals surface area contributed by atoms with Crippen molar-refractivity contribution in [2.45, 2.75) is 31.8 Å². The lowest BCUT2D eigenvalue weighted by Gasteiger charge is -2.32. The summed E-state index contributed by atoms with van der Waals surface area (Å²) < 4.78 is 5.28. The van der Waals surface area contributed by atoms with Gasteiger partial charge in [0, 0.05) is 32.3 Å². The summed E-state index contributed by atoms with van der Waals surface area (Å²) in [6.45, 7) is 5.23. The summed E-state index contributed by atoms with van der Waals surface area (Å²) in [5.41, 5.74) is 1.36. The molecule has 1 fully saturated rings. The third-order valence-electron chi connectivity index (χ3n) is 4.43. The molecule has 0 bridgehead atoms. The minimum Gasteiger partial charge on any atom is -0.383 e. The summed E-state index contributed by atoms with van der Waals surface area (Å²) in [4.78, 5) is 2.58. The first kappa shape index (κ1) is 15.5. The Labute approximate surface area is 123 Å². The van der Waals surface area contributed by atoms with E-state index in [4.69, 9.17) is 4.74 Å². The second-order valence-electron chi connectivity index (χ2n) is 5.82. The quantitative estimate of drug-likeness (QED) is 0.750. The van der Waals surface area contributed by atoms with Crippen LogP contribution in [0.1, 0.15) is 31.4 Å². The van der Waals surface area contributed by atoms with E-state index >= 15 is 0 Å². The van der Waals surface area contributed by atoms with E-state index in [1.54, 1.807) is 7.11 Å². The number of methoxy groups -OCH3 is 1. The first-order valence-electron chi connectivity index (χ1n) is 7.71. The van der Waals surface area contributed by atoms with Gasteiger partial charge >= 0.3 is 0 Å². The highest BCUT2D eigenvalue weighted by Crippen LogP contribution is 2.35. The summed E-state index contributed by atoms with van der Waals surface area (Å²) in [7, 11) is 3.83. The number of nitrogens with one attached hydrogen (secondary N) is 1. The average Bonchev–Trinajstić information content (AvgIpc) is 3.32. The lowest BCUT2D eigenvalue weighted by molar-refractivity contribution is 0.109. The van der Waals surface area contributed by atoms with Crippen molar-refractivity contribution in [3.8, 4) is 0 Å². The molecule has 1 saturated carbocycles. The average molecular weight is 276 g/mol. The maximum Gasteiger partial charge on any atom is 0.0589 e. The fourth-order valence-corrected chi connectivity index (χ4v) is 2.83. The number of likely N-dealkylation sites (N-methyl/N-ethyl adjacent to an activating group) is 1. The maximum absolute atomic E-state index is 5.28. The van der Waals surface area contributed by atoms with Gasteiger partial charge in [0.2, 0.25) is 0 Å². The monoisotopic (exact) mass is 276 g/mol. The normalized spacial score (nSPS) is 18.2. The van der Waals surface area contributed by atoms with Crippen molar-refractivity contribution < 1.29 is 4.74 Å². The van der Waals surface area contributed by atoms with Crippen LogP contribution in [0.25, 0.3) is 0 Å². The zero-order valence-corrected chi connectivity index (χ0v) is 13.0. The smallest absolute Gasteiger partial charge is 0.0589 e. The van der Waals surface area contributed by atoms with Crippen LogP contribution in [-0.2, 0) is 4.74 Å². The summed E-state index contributed by atoms with van der Waals surface area (Å²) >= 11 is 0. The van der Waals surface area contributed by atoms with Crippen LogP contribution in [0.5, 0.6) is 0 Å². The molecule has 2 unspecified atom stereocenters. The van der Waals surface area contributed by atoms with E-state index in [1.807, 2.05) is 7.05 Å². The van der Waals surface area contributed by atoms with Crippen LogP contribution in [0.4, 0.5) is 0 Å². The van der Waals surface area contributed by atoms with Gasteiger partial charge in [-0.05, 0) is 38.3 Å². The molecule has 0 radical (unpaired) electrons. The minimum atomic E-state index is 0.384. The lowest BCUT2D eigenvalue weighted by Crippen LogP contribution is -2.42. The van der Waals surface area contributed by atoms with Crippen molar-refractivity contribution in [3.05, 3.63) is 35.9 Å². The Balaban J connectivity index is 2.00. The van der Waals surface area contributed by atoms with Crippen LogP contribution in [0.2, 0.25) is 0 Å². The van der Waals surface area contributed by atoms with E-state index in [0.717, 1.165) is 25.6 Å². The van der Waals surface area contributed by atoms with Crippen molar-refractivity contribution in [3.63, 3.8) is 0 Å². The molecule has 0 aromatic heterocycles. The Kier molecular flexibility index (Phi) is 6.02. The molecule has 1 aromatic carbocycles. The van der Waals surface area contributed by atoms with Gasteiger partial charge in [-0.15, -0.1) is 0 Å². The predicted octanol–water partition coefficient (Wildman–Crippen LogP) is 2.69.